The van der Waals surface area contributed by atoms with E-state index in [1.54, 1.807) is 0 Å². The number of aromatic nitrogens is 2. The molecule has 0 fully saturated rings. The highest BCUT2D eigenvalue weighted by atomic mass is 16.5. The van der Waals surface area contributed by atoms with Crippen LogP contribution >= 0.6 is 0 Å². The van der Waals surface area contributed by atoms with Crippen LogP contribution in [-0.2, 0) is 16.1 Å². The molecule has 0 unspecified atom stereocenters. The van der Waals surface area contributed by atoms with Gasteiger partial charge in [0.1, 0.15) is 6.61 Å². The van der Waals surface area contributed by atoms with Crippen LogP contribution < -0.4 is 5.32 Å². The Hall–Kier alpha value is -1.36. The number of ether oxygens (including phenoxy) is 1. The van der Waals surface area contributed by atoms with Gasteiger partial charge in [0.2, 0.25) is 5.91 Å². The van der Waals surface area contributed by atoms with Gasteiger partial charge in [0.05, 0.1) is 11.8 Å². The van der Waals surface area contributed by atoms with Crippen molar-refractivity contribution >= 4 is 5.91 Å². The molecule has 0 saturated carbocycles. The molecule has 1 rings (SSSR count). The summed E-state index contributed by atoms with van der Waals surface area (Å²) in [5.41, 5.74) is 2.18. The van der Waals surface area contributed by atoms with E-state index in [1.807, 2.05) is 32.4 Å². The van der Waals surface area contributed by atoms with Crippen molar-refractivity contribution in [3.63, 3.8) is 0 Å². The summed E-state index contributed by atoms with van der Waals surface area (Å²) in [6.07, 6.45) is 0.959. The molecule has 102 valence electrons. The zero-order valence-electron chi connectivity index (χ0n) is 11.7. The topological polar surface area (TPSA) is 56.2 Å². The molecule has 0 aromatic carbocycles. The summed E-state index contributed by atoms with van der Waals surface area (Å²) in [4.78, 5) is 11.4. The lowest BCUT2D eigenvalue weighted by Gasteiger charge is -2.09. The van der Waals surface area contributed by atoms with Gasteiger partial charge in [0.15, 0.2) is 0 Å². The average Bonchev–Trinajstić information content (AvgIpc) is 2.60. The normalized spacial score (nSPS) is 10.9. The molecule has 0 spiro atoms. The fourth-order valence-corrected chi connectivity index (χ4v) is 1.65. The maximum Gasteiger partial charge on any atom is 0.246 e. The maximum atomic E-state index is 11.4. The van der Waals surface area contributed by atoms with E-state index in [2.05, 4.69) is 16.5 Å². The van der Waals surface area contributed by atoms with Gasteiger partial charge in [0.25, 0.3) is 0 Å². The molecule has 5 heteroatoms. The van der Waals surface area contributed by atoms with E-state index < -0.39 is 0 Å². The van der Waals surface area contributed by atoms with Crippen molar-refractivity contribution in [2.75, 3.05) is 13.2 Å². The molecule has 5 nitrogen and oxygen atoms in total. The van der Waals surface area contributed by atoms with Crippen molar-refractivity contribution < 1.29 is 9.53 Å². The van der Waals surface area contributed by atoms with Crippen LogP contribution in [0.1, 0.15) is 31.7 Å². The van der Waals surface area contributed by atoms with E-state index >= 15 is 0 Å². The summed E-state index contributed by atoms with van der Waals surface area (Å²) in [7, 11) is 0. The first-order chi connectivity index (χ1) is 8.49. The zero-order chi connectivity index (χ0) is 13.5. The summed E-state index contributed by atoms with van der Waals surface area (Å²) in [6, 6.07) is 2.05. The number of aryl methyl sites for hydroxylation is 3. The highest BCUT2D eigenvalue weighted by Crippen LogP contribution is 2.02. The third-order valence-electron chi connectivity index (χ3n) is 2.52. The number of nitrogens with one attached hydrogen (secondary N) is 1. The SMILES string of the molecule is Cc1cc(C)n(CCCNC(=O)COC(C)C)n1. The number of nitrogens with zero attached hydrogens (tertiary/aromatic N) is 2. The molecule has 1 amide bonds. The van der Waals surface area contributed by atoms with Crippen molar-refractivity contribution in [3.8, 4) is 0 Å². The van der Waals surface area contributed by atoms with Crippen LogP contribution in [0.15, 0.2) is 6.07 Å². The largest absolute Gasteiger partial charge is 0.369 e. The number of hydrogen-bond acceptors (Lipinski definition) is 3. The Balaban J connectivity index is 2.15. The number of amides is 1. The van der Waals surface area contributed by atoms with E-state index in [0.29, 0.717) is 6.54 Å². The van der Waals surface area contributed by atoms with E-state index in [4.69, 9.17) is 4.74 Å². The van der Waals surface area contributed by atoms with Crippen LogP contribution in [-0.4, -0.2) is 34.9 Å². The zero-order valence-corrected chi connectivity index (χ0v) is 11.7. The first-order valence-corrected chi connectivity index (χ1v) is 6.38. The molecule has 0 aliphatic heterocycles. The Bertz CT molecular complexity index is 386. The first kappa shape index (κ1) is 14.7. The molecule has 0 saturated heterocycles. The minimum absolute atomic E-state index is 0.0583. The van der Waals surface area contributed by atoms with E-state index in [-0.39, 0.29) is 18.6 Å². The van der Waals surface area contributed by atoms with Crippen molar-refractivity contribution in [1.82, 2.24) is 15.1 Å². The lowest BCUT2D eigenvalue weighted by atomic mass is 10.4. The van der Waals surface area contributed by atoms with Gasteiger partial charge in [0, 0.05) is 18.8 Å². The number of carbonyl (C=O) groups is 1. The Morgan fingerprint density at radius 3 is 2.78 bits per heavy atom. The predicted molar refractivity (Wildman–Crippen MR) is 70.4 cm³/mol. The Kier molecular flexibility index (Phi) is 5.85. The Morgan fingerprint density at radius 1 is 1.50 bits per heavy atom. The molecule has 0 aliphatic rings. The van der Waals surface area contributed by atoms with Crippen molar-refractivity contribution in [2.24, 2.45) is 0 Å². The molecule has 1 aromatic heterocycles. The first-order valence-electron chi connectivity index (χ1n) is 6.38. The van der Waals surface area contributed by atoms with Gasteiger partial charge in [-0.2, -0.15) is 5.10 Å². The average molecular weight is 253 g/mol. The summed E-state index contributed by atoms with van der Waals surface area (Å²) in [5, 5.41) is 7.20. The second-order valence-corrected chi connectivity index (χ2v) is 4.71. The number of carbonyl (C=O) groups excluding carboxylic acids is 1. The quantitative estimate of drug-likeness (QED) is 0.748. The molecule has 0 atom stereocenters. The van der Waals surface area contributed by atoms with Crippen LogP contribution in [0.4, 0.5) is 0 Å². The monoisotopic (exact) mass is 253 g/mol. The van der Waals surface area contributed by atoms with Gasteiger partial charge in [-0.1, -0.05) is 0 Å². The molecule has 18 heavy (non-hydrogen) atoms. The fraction of sp³-hybridized carbons (Fsp3) is 0.692. The van der Waals surface area contributed by atoms with Crippen LogP contribution in [0.3, 0.4) is 0 Å². The van der Waals surface area contributed by atoms with E-state index in [9.17, 15) is 4.79 Å². The molecule has 1 heterocycles. The van der Waals surface area contributed by atoms with Crippen molar-refractivity contribution in [3.05, 3.63) is 17.5 Å². The van der Waals surface area contributed by atoms with Gasteiger partial charge >= 0.3 is 0 Å². The summed E-state index contributed by atoms with van der Waals surface area (Å²) in [5.74, 6) is -0.0583. The van der Waals surface area contributed by atoms with Crippen LogP contribution in [0.25, 0.3) is 0 Å². The fourth-order valence-electron chi connectivity index (χ4n) is 1.65. The van der Waals surface area contributed by atoms with Crippen LogP contribution in [0.2, 0.25) is 0 Å². The maximum absolute atomic E-state index is 11.4. The molecular formula is C13H23N3O2. The van der Waals surface area contributed by atoms with E-state index in [1.165, 1.54) is 0 Å². The van der Waals surface area contributed by atoms with Crippen LogP contribution in [0, 0.1) is 13.8 Å². The lowest BCUT2D eigenvalue weighted by Crippen LogP contribution is -2.30. The number of rotatable bonds is 7. The Morgan fingerprint density at radius 2 is 2.22 bits per heavy atom. The highest BCUT2D eigenvalue weighted by Gasteiger charge is 2.03. The summed E-state index contributed by atoms with van der Waals surface area (Å²) in [6.45, 7) is 9.46. The van der Waals surface area contributed by atoms with Gasteiger partial charge in [-0.05, 0) is 40.2 Å². The molecule has 0 aliphatic carbocycles. The highest BCUT2D eigenvalue weighted by molar-refractivity contribution is 5.77. The smallest absolute Gasteiger partial charge is 0.246 e. The summed E-state index contributed by atoms with van der Waals surface area (Å²) < 4.78 is 7.18. The third-order valence-corrected chi connectivity index (χ3v) is 2.52. The van der Waals surface area contributed by atoms with Crippen LogP contribution in [0.5, 0.6) is 0 Å². The predicted octanol–water partition coefficient (Wildman–Crippen LogP) is 1.43. The van der Waals surface area contributed by atoms with Crippen molar-refractivity contribution in [2.45, 2.75) is 46.8 Å². The van der Waals surface area contributed by atoms with Crippen molar-refractivity contribution in [1.29, 1.82) is 0 Å². The van der Waals surface area contributed by atoms with Gasteiger partial charge in [-0.15, -0.1) is 0 Å². The molecule has 1 aromatic rings. The second kappa shape index (κ2) is 7.16. The lowest BCUT2D eigenvalue weighted by molar-refractivity contribution is -0.127. The van der Waals surface area contributed by atoms with Gasteiger partial charge in [-0.3, -0.25) is 9.48 Å². The second-order valence-electron chi connectivity index (χ2n) is 4.71. The third kappa shape index (κ3) is 5.31. The van der Waals surface area contributed by atoms with Gasteiger partial charge < -0.3 is 10.1 Å². The van der Waals surface area contributed by atoms with Gasteiger partial charge in [-0.25, -0.2) is 0 Å². The minimum atomic E-state index is -0.0583. The molecule has 0 radical (unpaired) electrons. The molecule has 0 bridgehead atoms. The number of hydrogen-bond donors (Lipinski definition) is 1. The summed E-state index contributed by atoms with van der Waals surface area (Å²) >= 11 is 0. The molecular weight excluding hydrogens is 230 g/mol. The standard InChI is InChI=1S/C13H23N3O2/c1-10(2)18-9-13(17)14-6-5-7-16-12(4)8-11(3)15-16/h8,10H,5-7,9H2,1-4H3,(H,14,17). The Labute approximate surface area is 109 Å². The van der Waals surface area contributed by atoms with E-state index in [0.717, 1.165) is 24.4 Å². The minimum Gasteiger partial charge on any atom is -0.369 e. The molecule has 1 N–H and O–H groups in total.